The van der Waals surface area contributed by atoms with Gasteiger partial charge in [-0.2, -0.15) is 5.10 Å². The summed E-state index contributed by atoms with van der Waals surface area (Å²) in [7, 11) is 0. The number of nitrogens with zero attached hydrogens (tertiary/aromatic N) is 2. The van der Waals surface area contributed by atoms with Crippen LogP contribution in [-0.4, -0.2) is 16.3 Å². The van der Waals surface area contributed by atoms with Crippen LogP contribution in [0.25, 0.3) is 0 Å². The Labute approximate surface area is 120 Å². The van der Waals surface area contributed by atoms with Gasteiger partial charge in [0, 0.05) is 24.4 Å². The Hall–Kier alpha value is -1.77. The van der Waals surface area contributed by atoms with Crippen LogP contribution in [0.1, 0.15) is 42.0 Å². The van der Waals surface area contributed by atoms with Crippen molar-refractivity contribution in [3.8, 4) is 0 Å². The molecule has 2 aliphatic rings. The zero-order chi connectivity index (χ0) is 13.7. The third-order valence-corrected chi connectivity index (χ3v) is 4.76. The van der Waals surface area contributed by atoms with Gasteiger partial charge in [0.15, 0.2) is 0 Å². The fourth-order valence-electron chi connectivity index (χ4n) is 3.20. The molecule has 0 radical (unpaired) electrons. The molecule has 0 saturated heterocycles. The highest BCUT2D eigenvalue weighted by atomic mass is 15.3. The van der Waals surface area contributed by atoms with E-state index in [1.807, 2.05) is 0 Å². The van der Waals surface area contributed by atoms with Gasteiger partial charge in [-0.15, -0.1) is 0 Å². The number of hydrogen-bond donors (Lipinski definition) is 1. The fraction of sp³-hybridized carbons (Fsp3) is 0.471. The summed E-state index contributed by atoms with van der Waals surface area (Å²) in [5.74, 6) is 3.24. The first kappa shape index (κ1) is 12.0. The van der Waals surface area contributed by atoms with Crippen molar-refractivity contribution in [2.24, 2.45) is 5.92 Å². The van der Waals surface area contributed by atoms with Crippen LogP contribution in [0.2, 0.25) is 0 Å². The van der Waals surface area contributed by atoms with E-state index in [1.54, 1.807) is 0 Å². The third kappa shape index (κ3) is 2.01. The van der Waals surface area contributed by atoms with E-state index in [-0.39, 0.29) is 0 Å². The van der Waals surface area contributed by atoms with E-state index in [9.17, 15) is 0 Å². The van der Waals surface area contributed by atoms with Gasteiger partial charge in [0.1, 0.15) is 5.82 Å². The smallest absolute Gasteiger partial charge is 0.124 e. The average Bonchev–Trinajstić information content (AvgIpc) is 3.03. The lowest BCUT2D eigenvalue weighted by Gasteiger charge is -2.25. The lowest BCUT2D eigenvalue weighted by molar-refractivity contribution is 0.501. The van der Waals surface area contributed by atoms with E-state index in [4.69, 9.17) is 5.10 Å². The number of hydrogen-bond acceptors (Lipinski definition) is 2. The molecule has 1 N–H and O–H groups in total. The van der Waals surface area contributed by atoms with E-state index in [0.29, 0.717) is 11.8 Å². The molecular formula is C17H21N3. The number of nitrogens with one attached hydrogen (secondary N) is 1. The van der Waals surface area contributed by atoms with Gasteiger partial charge in [0.25, 0.3) is 0 Å². The molecule has 4 rings (SSSR count). The molecule has 20 heavy (non-hydrogen) atoms. The van der Waals surface area contributed by atoms with Crippen LogP contribution >= 0.6 is 0 Å². The quantitative estimate of drug-likeness (QED) is 0.902. The van der Waals surface area contributed by atoms with Crippen molar-refractivity contribution in [2.75, 3.05) is 11.9 Å². The predicted octanol–water partition coefficient (Wildman–Crippen LogP) is 3.52. The number of fused-ring (bicyclic) bond motifs is 1. The second-order valence-corrected chi connectivity index (χ2v) is 6.44. The number of benzene rings is 1. The molecule has 0 spiro atoms. The van der Waals surface area contributed by atoms with Crippen molar-refractivity contribution >= 4 is 5.82 Å². The Balaban J connectivity index is 1.56. The lowest BCUT2D eigenvalue weighted by atomic mass is 9.97. The van der Waals surface area contributed by atoms with Gasteiger partial charge in [0.2, 0.25) is 0 Å². The first-order chi connectivity index (χ1) is 9.70. The maximum Gasteiger partial charge on any atom is 0.124 e. The normalized spacial score (nSPS) is 27.8. The van der Waals surface area contributed by atoms with Crippen molar-refractivity contribution in [1.29, 1.82) is 0 Å². The summed E-state index contributed by atoms with van der Waals surface area (Å²) in [5, 5.41) is 8.35. The molecule has 1 saturated carbocycles. The van der Waals surface area contributed by atoms with E-state index < -0.39 is 0 Å². The molecule has 3 nitrogen and oxygen atoms in total. The van der Waals surface area contributed by atoms with Crippen molar-refractivity contribution in [3.05, 3.63) is 47.2 Å². The van der Waals surface area contributed by atoms with Crippen LogP contribution in [0.15, 0.2) is 30.3 Å². The Kier molecular flexibility index (Phi) is 2.62. The molecule has 3 unspecified atom stereocenters. The maximum absolute atomic E-state index is 4.81. The minimum atomic E-state index is 0.521. The number of rotatable bonds is 2. The van der Waals surface area contributed by atoms with Crippen molar-refractivity contribution < 1.29 is 0 Å². The van der Waals surface area contributed by atoms with Crippen molar-refractivity contribution in [3.63, 3.8) is 0 Å². The number of anilines is 1. The molecule has 2 heterocycles. The monoisotopic (exact) mass is 267 g/mol. The molecule has 1 fully saturated rings. The predicted molar refractivity (Wildman–Crippen MR) is 81.2 cm³/mol. The topological polar surface area (TPSA) is 29.9 Å². The molecular weight excluding hydrogens is 246 g/mol. The molecule has 1 aliphatic heterocycles. The minimum Gasteiger partial charge on any atom is -0.370 e. The van der Waals surface area contributed by atoms with Gasteiger partial charge >= 0.3 is 0 Å². The van der Waals surface area contributed by atoms with Crippen LogP contribution in [-0.2, 0) is 6.54 Å². The summed E-state index contributed by atoms with van der Waals surface area (Å²) in [6, 6.07) is 11.1. The summed E-state index contributed by atoms with van der Waals surface area (Å²) in [5.41, 5.74) is 4.01. The third-order valence-electron chi connectivity index (χ3n) is 4.76. The lowest BCUT2D eigenvalue weighted by Crippen LogP contribution is -2.26. The molecule has 1 aliphatic carbocycles. The van der Waals surface area contributed by atoms with Gasteiger partial charge in [0.05, 0.1) is 12.2 Å². The number of aryl methyl sites for hydroxylation is 1. The van der Waals surface area contributed by atoms with Gasteiger partial charge < -0.3 is 5.32 Å². The second kappa shape index (κ2) is 4.37. The Morgan fingerprint density at radius 3 is 2.70 bits per heavy atom. The SMILES string of the molecule is Cc1ccc(C2CNc3cc(C4CC4C)nn3C2)cc1. The highest BCUT2D eigenvalue weighted by Gasteiger charge is 2.37. The molecule has 3 atom stereocenters. The zero-order valence-corrected chi connectivity index (χ0v) is 12.1. The summed E-state index contributed by atoms with van der Waals surface area (Å²) in [4.78, 5) is 0. The highest BCUT2D eigenvalue weighted by molar-refractivity contribution is 5.42. The largest absolute Gasteiger partial charge is 0.370 e. The Morgan fingerprint density at radius 1 is 1.25 bits per heavy atom. The molecule has 0 amide bonds. The highest BCUT2D eigenvalue weighted by Crippen LogP contribution is 2.47. The van der Waals surface area contributed by atoms with E-state index in [2.05, 4.69) is 54.2 Å². The van der Waals surface area contributed by atoms with Crippen LogP contribution in [0, 0.1) is 12.8 Å². The summed E-state index contributed by atoms with van der Waals surface area (Å²) in [6.45, 7) is 6.45. The molecule has 2 aromatic rings. The van der Waals surface area contributed by atoms with E-state index in [1.165, 1.54) is 29.1 Å². The van der Waals surface area contributed by atoms with Gasteiger partial charge in [-0.25, -0.2) is 4.68 Å². The van der Waals surface area contributed by atoms with Crippen molar-refractivity contribution in [2.45, 2.75) is 38.6 Å². The molecule has 3 heteroatoms. The second-order valence-electron chi connectivity index (χ2n) is 6.44. The van der Waals surface area contributed by atoms with Crippen LogP contribution in [0.5, 0.6) is 0 Å². The van der Waals surface area contributed by atoms with Gasteiger partial charge in [-0.05, 0) is 24.8 Å². The standard InChI is InChI=1S/C17H21N3/c1-11-3-5-13(6-4-11)14-9-18-17-8-16(15-7-12(15)2)19-20(17)10-14/h3-6,8,12,14-15,18H,7,9-10H2,1-2H3. The van der Waals surface area contributed by atoms with Gasteiger partial charge in [-0.1, -0.05) is 36.8 Å². The zero-order valence-electron chi connectivity index (χ0n) is 12.1. The fourth-order valence-corrected chi connectivity index (χ4v) is 3.20. The maximum atomic E-state index is 4.81. The van der Waals surface area contributed by atoms with Crippen LogP contribution in [0.4, 0.5) is 5.82 Å². The molecule has 0 bridgehead atoms. The average molecular weight is 267 g/mol. The Bertz CT molecular complexity index is 626. The van der Waals surface area contributed by atoms with Gasteiger partial charge in [-0.3, -0.25) is 0 Å². The summed E-state index contributed by atoms with van der Waals surface area (Å²) < 4.78 is 2.16. The van der Waals surface area contributed by atoms with E-state index in [0.717, 1.165) is 19.0 Å². The summed E-state index contributed by atoms with van der Waals surface area (Å²) >= 11 is 0. The van der Waals surface area contributed by atoms with Crippen LogP contribution < -0.4 is 5.32 Å². The molecule has 1 aromatic heterocycles. The summed E-state index contributed by atoms with van der Waals surface area (Å²) in [6.07, 6.45) is 1.30. The molecule has 104 valence electrons. The van der Waals surface area contributed by atoms with Crippen molar-refractivity contribution in [1.82, 2.24) is 9.78 Å². The van der Waals surface area contributed by atoms with E-state index >= 15 is 0 Å². The molecule has 1 aromatic carbocycles. The minimum absolute atomic E-state index is 0.521. The first-order valence-corrected chi connectivity index (χ1v) is 7.59. The Morgan fingerprint density at radius 2 is 2.00 bits per heavy atom. The first-order valence-electron chi connectivity index (χ1n) is 7.59. The number of aromatic nitrogens is 2. The van der Waals surface area contributed by atoms with Crippen LogP contribution in [0.3, 0.4) is 0 Å².